The van der Waals surface area contributed by atoms with Crippen LogP contribution in [0.25, 0.3) is 6.08 Å². The molecule has 0 spiro atoms. The van der Waals surface area contributed by atoms with Crippen molar-refractivity contribution < 1.29 is 19.1 Å². The van der Waals surface area contributed by atoms with E-state index in [1.807, 2.05) is 19.1 Å². The second kappa shape index (κ2) is 10.8. The van der Waals surface area contributed by atoms with E-state index in [0.717, 1.165) is 20.5 Å². The van der Waals surface area contributed by atoms with E-state index in [-0.39, 0.29) is 12.2 Å². The van der Waals surface area contributed by atoms with Crippen molar-refractivity contribution in [3.63, 3.8) is 0 Å². The Morgan fingerprint density at radius 1 is 1.00 bits per heavy atom. The maximum Gasteiger partial charge on any atom is 0.335 e. The summed E-state index contributed by atoms with van der Waals surface area (Å²) in [6.45, 7) is 2.01. The summed E-state index contributed by atoms with van der Waals surface area (Å²) in [4.78, 5) is 39.1. The average Bonchev–Trinajstić information content (AvgIpc) is 2.83. The second-order valence-electron chi connectivity index (χ2n) is 7.76. The molecule has 0 unspecified atom stereocenters. The number of nitriles is 1. The minimum atomic E-state index is -0.812. The second-order valence-corrected chi connectivity index (χ2v) is 10.3. The van der Waals surface area contributed by atoms with Crippen molar-refractivity contribution in [3.05, 3.63) is 95.8 Å². The molecule has 10 heteroatoms. The third-order valence-electron chi connectivity index (χ3n) is 5.34. The number of rotatable bonds is 5. The van der Waals surface area contributed by atoms with E-state index in [4.69, 9.17) is 4.74 Å². The van der Waals surface area contributed by atoms with Gasteiger partial charge in [0.05, 0.1) is 26.3 Å². The van der Waals surface area contributed by atoms with Crippen LogP contribution in [0.2, 0.25) is 0 Å². The van der Waals surface area contributed by atoms with Crippen molar-refractivity contribution in [2.24, 2.45) is 0 Å². The summed E-state index contributed by atoms with van der Waals surface area (Å²) in [6.07, 6.45) is 1.41. The van der Waals surface area contributed by atoms with Crippen molar-refractivity contribution in [2.45, 2.75) is 13.5 Å². The number of benzene rings is 3. The Balaban J connectivity index is 1.62. The molecule has 4 amide bonds. The quantitative estimate of drug-likeness (QED) is 0.250. The molecule has 1 aliphatic heterocycles. The van der Waals surface area contributed by atoms with E-state index >= 15 is 0 Å². The van der Waals surface area contributed by atoms with Gasteiger partial charge in [0.2, 0.25) is 0 Å². The normalized spacial score (nSPS) is 14.6. The van der Waals surface area contributed by atoms with Gasteiger partial charge in [-0.2, -0.15) is 5.26 Å². The molecule has 36 heavy (non-hydrogen) atoms. The Kier molecular flexibility index (Phi) is 7.73. The van der Waals surface area contributed by atoms with Crippen molar-refractivity contribution in [3.8, 4) is 11.8 Å². The molecule has 1 fully saturated rings. The van der Waals surface area contributed by atoms with Crippen LogP contribution >= 0.6 is 47.8 Å². The summed E-state index contributed by atoms with van der Waals surface area (Å²) in [5, 5.41) is 11.5. The Bertz CT molecular complexity index is 1470. The third kappa shape index (κ3) is 5.28. The zero-order chi connectivity index (χ0) is 26.0. The molecule has 1 heterocycles. The lowest BCUT2D eigenvalue weighted by atomic mass is 10.1. The first kappa shape index (κ1) is 25.8. The van der Waals surface area contributed by atoms with Gasteiger partial charge in [-0.3, -0.25) is 14.9 Å². The maximum atomic E-state index is 13.2. The number of nitrogens with one attached hydrogen (secondary N) is 1. The fourth-order valence-corrected chi connectivity index (χ4v) is 5.23. The van der Waals surface area contributed by atoms with Crippen LogP contribution in [-0.2, 0) is 16.2 Å². The number of barbiturate groups is 1. The topological polar surface area (TPSA) is 99.5 Å². The number of aryl methyl sites for hydroxylation is 1. The number of carbonyl (C=O) groups excluding carboxylic acids is 3. The van der Waals surface area contributed by atoms with Gasteiger partial charge in [-0.15, -0.1) is 0 Å². The predicted octanol–water partition coefficient (Wildman–Crippen LogP) is 6.40. The Labute approximate surface area is 232 Å². The highest BCUT2D eigenvalue weighted by Gasteiger charge is 2.37. The number of nitrogens with zero attached hydrogens (tertiary/aromatic N) is 2. The highest BCUT2D eigenvalue weighted by Crippen LogP contribution is 2.36. The number of ether oxygens (including phenoxy) is 1. The smallest absolute Gasteiger partial charge is 0.335 e. The van der Waals surface area contributed by atoms with Crippen molar-refractivity contribution in [2.75, 3.05) is 4.90 Å². The van der Waals surface area contributed by atoms with Gasteiger partial charge in [-0.05, 0) is 92.4 Å². The molecule has 0 aromatic heterocycles. The maximum absolute atomic E-state index is 13.2. The van der Waals surface area contributed by atoms with E-state index in [2.05, 4.69) is 59.2 Å². The summed E-state index contributed by atoms with van der Waals surface area (Å²) in [5.74, 6) is -1.02. The zero-order valence-electron chi connectivity index (χ0n) is 18.6. The predicted molar refractivity (Wildman–Crippen MR) is 145 cm³/mol. The van der Waals surface area contributed by atoms with E-state index in [9.17, 15) is 19.6 Å². The van der Waals surface area contributed by atoms with Gasteiger partial charge in [-0.25, -0.2) is 9.69 Å². The number of hydrogen-bond acceptors (Lipinski definition) is 5. The molecule has 0 aliphatic carbocycles. The van der Waals surface area contributed by atoms with Gasteiger partial charge in [0, 0.05) is 10.0 Å². The van der Waals surface area contributed by atoms with Crippen LogP contribution in [0.3, 0.4) is 0 Å². The van der Waals surface area contributed by atoms with Gasteiger partial charge in [0.15, 0.2) is 0 Å². The summed E-state index contributed by atoms with van der Waals surface area (Å²) in [6, 6.07) is 16.9. The van der Waals surface area contributed by atoms with Gasteiger partial charge in [0.1, 0.15) is 17.9 Å². The van der Waals surface area contributed by atoms with Crippen LogP contribution in [0.4, 0.5) is 10.5 Å². The molecule has 0 bridgehead atoms. The Morgan fingerprint density at radius 3 is 2.36 bits per heavy atom. The van der Waals surface area contributed by atoms with Crippen LogP contribution < -0.4 is 15.0 Å². The van der Waals surface area contributed by atoms with E-state index in [1.54, 1.807) is 42.5 Å². The molecule has 4 rings (SSSR count). The van der Waals surface area contributed by atoms with Crippen molar-refractivity contribution in [1.82, 2.24) is 5.32 Å². The number of hydrogen-bond donors (Lipinski definition) is 1. The first-order valence-corrected chi connectivity index (χ1v) is 12.8. The lowest BCUT2D eigenvalue weighted by Crippen LogP contribution is -2.54. The molecule has 0 radical (unpaired) electrons. The molecular weight excluding hydrogens is 658 g/mol. The van der Waals surface area contributed by atoms with Crippen molar-refractivity contribution >= 4 is 77.4 Å². The van der Waals surface area contributed by atoms with Crippen LogP contribution in [0.1, 0.15) is 22.3 Å². The SMILES string of the molecule is Cc1cc(N2C(=O)NC(=O)/C(=C\c3cc(Br)c(OCc4ccccc4C#N)c(Br)c3)C2=O)ccc1Br. The number of imide groups is 2. The number of halogens is 3. The number of carbonyl (C=O) groups is 3. The summed E-state index contributed by atoms with van der Waals surface area (Å²) in [5.41, 5.74) is 2.77. The number of amides is 4. The highest BCUT2D eigenvalue weighted by molar-refractivity contribution is 9.11. The fraction of sp³-hybridized carbons (Fsp3) is 0.0769. The molecule has 1 saturated heterocycles. The fourth-order valence-electron chi connectivity index (χ4n) is 3.53. The Morgan fingerprint density at radius 2 is 1.69 bits per heavy atom. The monoisotopic (exact) mass is 671 g/mol. The highest BCUT2D eigenvalue weighted by atomic mass is 79.9. The molecule has 3 aromatic rings. The van der Waals surface area contributed by atoms with Gasteiger partial charge < -0.3 is 4.74 Å². The standard InChI is InChI=1S/C26H16Br3N3O4/c1-14-8-18(6-7-20(14)27)32-25(34)19(24(33)31-26(32)35)9-15-10-21(28)23(22(29)11-15)36-13-17-5-3-2-4-16(17)12-30/h2-11H,13H2,1H3,(H,31,33,35)/b19-9+. The van der Waals surface area contributed by atoms with Crippen molar-refractivity contribution in [1.29, 1.82) is 5.26 Å². The number of anilines is 1. The van der Waals surface area contributed by atoms with Crippen LogP contribution in [0, 0.1) is 18.3 Å². The minimum absolute atomic E-state index is 0.173. The average molecular weight is 674 g/mol. The first-order valence-electron chi connectivity index (χ1n) is 10.5. The van der Waals surface area contributed by atoms with E-state index in [1.165, 1.54) is 6.08 Å². The van der Waals surface area contributed by atoms with Gasteiger partial charge in [0.25, 0.3) is 11.8 Å². The lowest BCUT2D eigenvalue weighted by Gasteiger charge is -2.26. The molecule has 1 aliphatic rings. The van der Waals surface area contributed by atoms with Crippen LogP contribution in [-0.4, -0.2) is 17.8 Å². The van der Waals surface area contributed by atoms with Gasteiger partial charge in [-0.1, -0.05) is 34.1 Å². The lowest BCUT2D eigenvalue weighted by molar-refractivity contribution is -0.122. The molecule has 180 valence electrons. The van der Waals surface area contributed by atoms with Crippen LogP contribution in [0.5, 0.6) is 5.75 Å². The van der Waals surface area contributed by atoms with Gasteiger partial charge >= 0.3 is 6.03 Å². The van der Waals surface area contributed by atoms with Crippen LogP contribution in [0.15, 0.2) is 73.6 Å². The first-order chi connectivity index (χ1) is 17.2. The molecule has 0 saturated carbocycles. The molecular formula is C26H16Br3N3O4. The molecule has 3 aromatic carbocycles. The summed E-state index contributed by atoms with van der Waals surface area (Å²) in [7, 11) is 0. The minimum Gasteiger partial charge on any atom is -0.486 e. The number of urea groups is 1. The van der Waals surface area contributed by atoms with E-state index < -0.39 is 17.8 Å². The summed E-state index contributed by atoms with van der Waals surface area (Å²) >= 11 is 10.3. The third-order valence-corrected chi connectivity index (χ3v) is 7.41. The largest absolute Gasteiger partial charge is 0.486 e. The zero-order valence-corrected chi connectivity index (χ0v) is 23.4. The summed E-state index contributed by atoms with van der Waals surface area (Å²) < 4.78 is 7.89. The molecule has 7 nitrogen and oxygen atoms in total. The Hall–Kier alpha value is -3.26. The molecule has 0 atom stereocenters. The van der Waals surface area contributed by atoms with E-state index in [0.29, 0.717) is 31.5 Å². The molecule has 1 N–H and O–H groups in total.